The van der Waals surface area contributed by atoms with Gasteiger partial charge in [-0.2, -0.15) is 0 Å². The number of carboxylic acids is 1. The number of rotatable bonds is 18. The minimum atomic E-state index is -4.72. The second kappa shape index (κ2) is 16.4. The molecule has 0 amide bonds. The molecule has 36 heavy (non-hydrogen) atoms. The van der Waals surface area contributed by atoms with Crippen LogP contribution in [0.25, 0.3) is 0 Å². The smallest absolute Gasteiger partial charge is 0.573 e. The molecule has 0 saturated carbocycles. The van der Waals surface area contributed by atoms with Gasteiger partial charge in [-0.1, -0.05) is 25.7 Å². The second-order valence-electron chi connectivity index (χ2n) is 9.09. The average molecular weight is 564 g/mol. The van der Waals surface area contributed by atoms with Gasteiger partial charge >= 0.3 is 19.1 Å². The Balaban J connectivity index is 0.0000122. The minimum absolute atomic E-state index is 0. The number of benzene rings is 1. The number of quaternary nitrogens is 1. The fourth-order valence-corrected chi connectivity index (χ4v) is 4.71. The van der Waals surface area contributed by atoms with Crippen molar-refractivity contribution in [2.75, 3.05) is 40.9 Å². The van der Waals surface area contributed by atoms with E-state index in [1.54, 1.807) is 0 Å². The van der Waals surface area contributed by atoms with Gasteiger partial charge in [0.2, 0.25) is 0 Å². The van der Waals surface area contributed by atoms with Crippen molar-refractivity contribution in [2.45, 2.75) is 57.4 Å². The summed E-state index contributed by atoms with van der Waals surface area (Å²) in [6.07, 6.45) is -0.513. The van der Waals surface area contributed by atoms with Crippen molar-refractivity contribution in [3.8, 4) is 11.5 Å². The van der Waals surface area contributed by atoms with Gasteiger partial charge in [0.05, 0.1) is 40.8 Å². The highest BCUT2D eigenvalue weighted by Crippen LogP contribution is 2.45. The van der Waals surface area contributed by atoms with E-state index in [1.165, 1.54) is 24.3 Å². The molecule has 1 rings (SSSR count). The first-order valence-electron chi connectivity index (χ1n) is 11.3. The zero-order valence-corrected chi connectivity index (χ0v) is 22.5. The SMILES string of the molecule is C[N+](C)(C)C[C@@H](CC(=O)O)OP(O)(=S)OCCCCCCCCOc1ccc(OC(F)(F)F)cc1.[OH-]. The molecule has 0 saturated heterocycles. The van der Waals surface area contributed by atoms with Gasteiger partial charge in [0.25, 0.3) is 0 Å². The average Bonchev–Trinajstić information content (AvgIpc) is 2.67. The lowest BCUT2D eigenvalue weighted by atomic mass is 10.1. The van der Waals surface area contributed by atoms with E-state index < -0.39 is 25.2 Å². The van der Waals surface area contributed by atoms with Crippen LogP contribution in [0.15, 0.2) is 24.3 Å². The number of halogens is 3. The molecule has 0 aliphatic carbocycles. The Bertz CT molecular complexity index is 806. The van der Waals surface area contributed by atoms with Crippen LogP contribution in [0.4, 0.5) is 13.2 Å². The van der Waals surface area contributed by atoms with E-state index >= 15 is 0 Å². The molecule has 0 aliphatic heterocycles. The zero-order valence-electron chi connectivity index (χ0n) is 20.8. The lowest BCUT2D eigenvalue weighted by molar-refractivity contribution is -0.873. The Morgan fingerprint density at radius 2 is 1.50 bits per heavy atom. The Labute approximate surface area is 215 Å². The molecule has 9 nitrogen and oxygen atoms in total. The molecule has 0 heterocycles. The van der Waals surface area contributed by atoms with Gasteiger partial charge in [-0.05, 0) is 48.9 Å². The first-order valence-corrected chi connectivity index (χ1v) is 13.9. The van der Waals surface area contributed by atoms with Gasteiger partial charge in [-0.25, -0.2) is 0 Å². The predicted octanol–water partition coefficient (Wildman–Crippen LogP) is 4.93. The number of nitrogens with zero attached hydrogens (tertiary/aromatic N) is 1. The van der Waals surface area contributed by atoms with Crippen molar-refractivity contribution in [2.24, 2.45) is 0 Å². The van der Waals surface area contributed by atoms with Crippen LogP contribution >= 0.6 is 6.72 Å². The third kappa shape index (κ3) is 18.8. The quantitative estimate of drug-likeness (QED) is 0.145. The van der Waals surface area contributed by atoms with E-state index in [0.717, 1.165) is 32.1 Å². The number of carbonyl (C=O) groups is 1. The number of alkyl halides is 3. The van der Waals surface area contributed by atoms with Crippen LogP contribution in [0.2, 0.25) is 0 Å². The zero-order chi connectivity index (χ0) is 26.5. The summed E-state index contributed by atoms with van der Waals surface area (Å²) >= 11 is 5.03. The molecule has 3 N–H and O–H groups in total. The van der Waals surface area contributed by atoms with Crippen LogP contribution < -0.4 is 9.47 Å². The maximum Gasteiger partial charge on any atom is 0.573 e. The van der Waals surface area contributed by atoms with Gasteiger partial charge in [0, 0.05) is 0 Å². The molecule has 0 fully saturated rings. The van der Waals surface area contributed by atoms with Crippen molar-refractivity contribution in [1.82, 2.24) is 0 Å². The summed E-state index contributed by atoms with van der Waals surface area (Å²) in [4.78, 5) is 21.3. The molecule has 0 bridgehead atoms. The van der Waals surface area contributed by atoms with Crippen molar-refractivity contribution in [3.63, 3.8) is 0 Å². The highest BCUT2D eigenvalue weighted by molar-refractivity contribution is 8.07. The Kier molecular flexibility index (Phi) is 15.7. The Morgan fingerprint density at radius 1 is 1.00 bits per heavy atom. The molecule has 1 unspecified atom stereocenters. The number of carboxylic acid groups (broad SMARTS) is 1. The Hall–Kier alpha value is -1.47. The molecular weight excluding hydrogens is 526 g/mol. The molecule has 1 aromatic rings. The number of likely N-dealkylation sites (N-methyl/N-ethyl adjacent to an activating group) is 1. The van der Waals surface area contributed by atoms with Crippen LogP contribution in [-0.2, 0) is 25.6 Å². The predicted molar refractivity (Wildman–Crippen MR) is 131 cm³/mol. The standard InChI is InChI=1S/C22H35F3NO7PS.H2O/c1-26(2,3)17-20(16-21(27)28)33-34(29,35)31-15-9-7-5-4-6-8-14-30-18-10-12-19(13-11-18)32-22(23,24)25;/h10-13,20H,4-9,14-17H2,1-3H3,(H-,27,28,29,35);1H2/t20-,34?;/m1./s1. The third-order valence-corrected chi connectivity index (χ3v) is 6.20. The molecule has 14 heteroatoms. The molecular formula is C22H37F3NO8PS. The summed E-state index contributed by atoms with van der Waals surface area (Å²) < 4.78 is 57.0. The van der Waals surface area contributed by atoms with Gasteiger partial charge < -0.3 is 34.0 Å². The van der Waals surface area contributed by atoms with Gasteiger partial charge in [-0.3, -0.25) is 9.32 Å². The van der Waals surface area contributed by atoms with Gasteiger partial charge in [-0.15, -0.1) is 13.2 Å². The van der Waals surface area contributed by atoms with E-state index in [4.69, 9.17) is 30.7 Å². The number of ether oxygens (including phenoxy) is 2. The second-order valence-corrected chi connectivity index (χ2v) is 11.9. The largest absolute Gasteiger partial charge is 0.870 e. The first kappa shape index (κ1) is 34.5. The van der Waals surface area contributed by atoms with Crippen molar-refractivity contribution in [3.05, 3.63) is 24.3 Å². The fraction of sp³-hybridized carbons (Fsp3) is 0.682. The molecule has 2 atom stereocenters. The van der Waals surface area contributed by atoms with E-state index in [1.807, 2.05) is 21.1 Å². The molecule has 0 aromatic heterocycles. The molecule has 0 aliphatic rings. The number of hydrogen-bond acceptors (Lipinski definition) is 7. The third-order valence-electron chi connectivity index (χ3n) is 4.56. The van der Waals surface area contributed by atoms with Crippen LogP contribution in [0.1, 0.15) is 44.9 Å². The summed E-state index contributed by atoms with van der Waals surface area (Å²) in [5.74, 6) is -0.843. The molecule has 210 valence electrons. The number of aliphatic carboxylic acids is 1. The van der Waals surface area contributed by atoms with Crippen LogP contribution in [-0.4, -0.2) is 79.3 Å². The van der Waals surface area contributed by atoms with Crippen LogP contribution in [0.5, 0.6) is 11.5 Å². The lowest BCUT2D eigenvalue weighted by Crippen LogP contribution is -2.42. The van der Waals surface area contributed by atoms with E-state index in [0.29, 0.717) is 29.8 Å². The Morgan fingerprint density at radius 3 is 2.00 bits per heavy atom. The summed E-state index contributed by atoms with van der Waals surface area (Å²) in [5.41, 5.74) is 0. The van der Waals surface area contributed by atoms with Crippen molar-refractivity contribution < 1.29 is 56.4 Å². The molecule has 0 spiro atoms. The van der Waals surface area contributed by atoms with Crippen molar-refractivity contribution >= 4 is 24.5 Å². The summed E-state index contributed by atoms with van der Waals surface area (Å²) in [6, 6.07) is 5.27. The van der Waals surface area contributed by atoms with E-state index in [-0.39, 0.29) is 24.3 Å². The van der Waals surface area contributed by atoms with Crippen LogP contribution in [0, 0.1) is 0 Å². The molecule has 0 radical (unpaired) electrons. The molecule has 1 aromatic carbocycles. The summed E-state index contributed by atoms with van der Waals surface area (Å²) in [6.45, 7) is -2.47. The fourth-order valence-electron chi connectivity index (χ4n) is 3.18. The van der Waals surface area contributed by atoms with Crippen LogP contribution in [0.3, 0.4) is 0 Å². The van der Waals surface area contributed by atoms with Gasteiger partial charge in [0.1, 0.15) is 24.1 Å². The topological polar surface area (TPSA) is 124 Å². The highest BCUT2D eigenvalue weighted by Gasteiger charge is 2.31. The lowest BCUT2D eigenvalue weighted by Gasteiger charge is -2.30. The van der Waals surface area contributed by atoms with E-state index in [2.05, 4.69) is 4.74 Å². The first-order chi connectivity index (χ1) is 16.2. The van der Waals surface area contributed by atoms with Crippen molar-refractivity contribution in [1.29, 1.82) is 0 Å². The van der Waals surface area contributed by atoms with Gasteiger partial charge in [0.15, 0.2) is 0 Å². The summed E-state index contributed by atoms with van der Waals surface area (Å²) in [7, 11) is 5.67. The minimum Gasteiger partial charge on any atom is -0.870 e. The maximum atomic E-state index is 12.1. The van der Waals surface area contributed by atoms with E-state index in [9.17, 15) is 22.9 Å². The number of unbranched alkanes of at least 4 members (excludes halogenated alkanes) is 5. The monoisotopic (exact) mass is 563 g/mol. The highest BCUT2D eigenvalue weighted by atomic mass is 32.5. The maximum absolute atomic E-state index is 12.1. The normalized spacial score (nSPS) is 14.4. The number of hydrogen-bond donors (Lipinski definition) is 2. The summed E-state index contributed by atoms with van der Waals surface area (Å²) in [5, 5.41) is 9.05.